The van der Waals surface area contributed by atoms with E-state index in [0.717, 1.165) is 16.9 Å². The summed E-state index contributed by atoms with van der Waals surface area (Å²) < 4.78 is 29.2. The van der Waals surface area contributed by atoms with Crippen molar-refractivity contribution in [1.29, 1.82) is 0 Å². The van der Waals surface area contributed by atoms with Crippen molar-refractivity contribution >= 4 is 33.1 Å². The number of benzene rings is 1. The van der Waals surface area contributed by atoms with E-state index in [1.165, 1.54) is 12.1 Å². The van der Waals surface area contributed by atoms with Gasteiger partial charge in [0.1, 0.15) is 5.75 Å². The van der Waals surface area contributed by atoms with Gasteiger partial charge in [-0.05, 0) is 31.2 Å². The molecular formula is C11H9ClO3S2. The maximum Gasteiger partial charge on any atom is 0.348 e. The molecule has 0 saturated carbocycles. The van der Waals surface area contributed by atoms with Gasteiger partial charge in [0.15, 0.2) is 4.21 Å². The number of halogens is 1. The molecule has 0 aliphatic carbocycles. The molecule has 1 heterocycles. The molecule has 0 aliphatic heterocycles. The van der Waals surface area contributed by atoms with Gasteiger partial charge in [0.05, 0.1) is 4.34 Å². The van der Waals surface area contributed by atoms with Crippen molar-refractivity contribution in [3.63, 3.8) is 0 Å². The predicted molar refractivity (Wildman–Crippen MR) is 68.3 cm³/mol. The Morgan fingerprint density at radius 2 is 1.76 bits per heavy atom. The highest BCUT2D eigenvalue weighted by Gasteiger charge is 2.18. The minimum absolute atomic E-state index is 0.100. The molecule has 3 nitrogen and oxygen atoms in total. The van der Waals surface area contributed by atoms with Crippen LogP contribution >= 0.6 is 22.9 Å². The van der Waals surface area contributed by atoms with E-state index in [4.69, 9.17) is 15.8 Å². The van der Waals surface area contributed by atoms with E-state index in [1.807, 2.05) is 6.92 Å². The zero-order valence-corrected chi connectivity index (χ0v) is 11.3. The molecule has 0 radical (unpaired) electrons. The predicted octanol–water partition coefficient (Wildman–Crippen LogP) is 3.48. The van der Waals surface area contributed by atoms with Gasteiger partial charge in [-0.1, -0.05) is 29.3 Å². The molecule has 0 fully saturated rings. The standard InChI is InChI=1S/C11H9ClO3S2/c1-8-2-4-9(5-3-8)15-17(13,14)11-7-6-10(12)16-11/h2-7H,1H3. The summed E-state index contributed by atoms with van der Waals surface area (Å²) in [7, 11) is -3.77. The van der Waals surface area contributed by atoms with Gasteiger partial charge in [0.2, 0.25) is 0 Å². The fourth-order valence-corrected chi connectivity index (χ4v) is 3.57. The number of hydrogen-bond acceptors (Lipinski definition) is 4. The van der Waals surface area contributed by atoms with Crippen LogP contribution in [0.5, 0.6) is 5.75 Å². The average Bonchev–Trinajstić information content (AvgIpc) is 2.69. The third-order valence-corrected chi connectivity index (χ3v) is 4.95. The largest absolute Gasteiger partial charge is 0.378 e. The van der Waals surface area contributed by atoms with Crippen molar-refractivity contribution in [1.82, 2.24) is 0 Å². The van der Waals surface area contributed by atoms with Crippen molar-refractivity contribution in [2.24, 2.45) is 0 Å². The molecule has 0 spiro atoms. The van der Waals surface area contributed by atoms with Crippen molar-refractivity contribution in [3.8, 4) is 5.75 Å². The molecule has 0 unspecified atom stereocenters. The summed E-state index contributed by atoms with van der Waals surface area (Å²) in [6.07, 6.45) is 0. The van der Waals surface area contributed by atoms with Crippen LogP contribution in [0.2, 0.25) is 4.34 Å². The Hall–Kier alpha value is -1.04. The summed E-state index contributed by atoms with van der Waals surface area (Å²) in [6.45, 7) is 1.91. The minimum Gasteiger partial charge on any atom is -0.378 e. The molecule has 2 aromatic rings. The molecule has 2 rings (SSSR count). The van der Waals surface area contributed by atoms with E-state index in [0.29, 0.717) is 10.1 Å². The molecule has 0 amide bonds. The molecule has 1 aromatic heterocycles. The first kappa shape index (κ1) is 12.4. The van der Waals surface area contributed by atoms with Crippen molar-refractivity contribution in [3.05, 3.63) is 46.3 Å². The van der Waals surface area contributed by atoms with Crippen LogP contribution in [0.15, 0.2) is 40.6 Å². The highest BCUT2D eigenvalue weighted by atomic mass is 35.5. The zero-order valence-electron chi connectivity index (χ0n) is 8.88. The van der Waals surface area contributed by atoms with Crippen LogP contribution in [0.3, 0.4) is 0 Å². The van der Waals surface area contributed by atoms with Crippen LogP contribution in [0.25, 0.3) is 0 Å². The van der Waals surface area contributed by atoms with Crippen LogP contribution < -0.4 is 4.18 Å². The van der Waals surface area contributed by atoms with Gasteiger partial charge < -0.3 is 4.18 Å². The Morgan fingerprint density at radius 3 is 2.29 bits per heavy atom. The second-order valence-corrected chi connectivity index (χ2v) is 6.90. The van der Waals surface area contributed by atoms with Gasteiger partial charge in [0.25, 0.3) is 0 Å². The van der Waals surface area contributed by atoms with Gasteiger partial charge in [-0.15, -0.1) is 11.3 Å². The summed E-state index contributed by atoms with van der Waals surface area (Å²) in [5, 5.41) is 0. The second kappa shape index (κ2) is 4.68. The first-order valence-electron chi connectivity index (χ1n) is 4.74. The average molecular weight is 289 g/mol. The van der Waals surface area contributed by atoms with E-state index in [-0.39, 0.29) is 4.21 Å². The lowest BCUT2D eigenvalue weighted by molar-refractivity contribution is 0.488. The SMILES string of the molecule is Cc1ccc(OS(=O)(=O)c2ccc(Cl)s2)cc1. The molecule has 6 heteroatoms. The smallest absolute Gasteiger partial charge is 0.348 e. The molecular weight excluding hydrogens is 280 g/mol. The van der Waals surface area contributed by atoms with Gasteiger partial charge >= 0.3 is 10.1 Å². The monoisotopic (exact) mass is 288 g/mol. The van der Waals surface area contributed by atoms with E-state index >= 15 is 0 Å². The lowest BCUT2D eigenvalue weighted by atomic mass is 10.2. The summed E-state index contributed by atoms with van der Waals surface area (Å²) >= 11 is 6.66. The highest BCUT2D eigenvalue weighted by Crippen LogP contribution is 2.28. The number of rotatable bonds is 3. The third-order valence-electron chi connectivity index (χ3n) is 2.02. The van der Waals surface area contributed by atoms with E-state index in [2.05, 4.69) is 0 Å². The molecule has 0 saturated heterocycles. The van der Waals surface area contributed by atoms with E-state index < -0.39 is 10.1 Å². The quantitative estimate of drug-likeness (QED) is 0.812. The molecule has 0 bridgehead atoms. The minimum atomic E-state index is -3.77. The maximum absolute atomic E-state index is 11.8. The zero-order chi connectivity index (χ0) is 12.5. The summed E-state index contributed by atoms with van der Waals surface area (Å²) in [5.41, 5.74) is 1.04. The van der Waals surface area contributed by atoms with Gasteiger partial charge in [-0.25, -0.2) is 0 Å². The van der Waals surface area contributed by atoms with Crippen LogP contribution in [0.4, 0.5) is 0 Å². The molecule has 0 atom stereocenters. The number of hydrogen-bond donors (Lipinski definition) is 0. The fourth-order valence-electron chi connectivity index (χ4n) is 1.19. The highest BCUT2D eigenvalue weighted by molar-refractivity contribution is 7.89. The van der Waals surface area contributed by atoms with Gasteiger partial charge in [-0.3, -0.25) is 0 Å². The summed E-state index contributed by atoms with van der Waals surface area (Å²) in [6, 6.07) is 9.75. The Labute approximate surface area is 109 Å². The molecule has 0 N–H and O–H groups in total. The first-order valence-corrected chi connectivity index (χ1v) is 7.34. The van der Waals surface area contributed by atoms with Crippen molar-refractivity contribution < 1.29 is 12.6 Å². The van der Waals surface area contributed by atoms with Crippen LogP contribution in [0, 0.1) is 6.92 Å². The Bertz CT molecular complexity index is 614. The first-order chi connectivity index (χ1) is 7.97. The third kappa shape index (κ3) is 3.00. The summed E-state index contributed by atoms with van der Waals surface area (Å²) in [5.74, 6) is 0.292. The molecule has 0 aliphatic rings. The van der Waals surface area contributed by atoms with E-state index in [9.17, 15) is 8.42 Å². The second-order valence-electron chi connectivity index (χ2n) is 3.41. The normalized spacial score (nSPS) is 11.4. The van der Waals surface area contributed by atoms with E-state index in [1.54, 1.807) is 24.3 Å². The Kier molecular flexibility index (Phi) is 3.42. The topological polar surface area (TPSA) is 43.4 Å². The molecule has 90 valence electrons. The lowest BCUT2D eigenvalue weighted by Gasteiger charge is -2.04. The Balaban J connectivity index is 2.26. The van der Waals surface area contributed by atoms with Crippen LogP contribution in [0.1, 0.15) is 5.56 Å². The van der Waals surface area contributed by atoms with Crippen LogP contribution in [-0.2, 0) is 10.1 Å². The number of thiophene rings is 1. The van der Waals surface area contributed by atoms with Gasteiger partial charge in [-0.2, -0.15) is 8.42 Å². The Morgan fingerprint density at radius 1 is 1.12 bits per heavy atom. The molecule has 17 heavy (non-hydrogen) atoms. The maximum atomic E-state index is 11.8. The van der Waals surface area contributed by atoms with Gasteiger partial charge in [0, 0.05) is 0 Å². The van der Waals surface area contributed by atoms with Crippen molar-refractivity contribution in [2.45, 2.75) is 11.1 Å². The van der Waals surface area contributed by atoms with Crippen LogP contribution in [-0.4, -0.2) is 8.42 Å². The fraction of sp³-hybridized carbons (Fsp3) is 0.0909. The molecule has 1 aromatic carbocycles. The summed E-state index contributed by atoms with van der Waals surface area (Å²) in [4.78, 5) is 0. The lowest BCUT2D eigenvalue weighted by Crippen LogP contribution is -2.07. The van der Waals surface area contributed by atoms with Crippen molar-refractivity contribution in [2.75, 3.05) is 0 Å². The number of aryl methyl sites for hydroxylation is 1.